The molecule has 1 aromatic rings. The normalized spacial score (nSPS) is 12.4. The Hall–Kier alpha value is -0.730. The fourth-order valence-electron chi connectivity index (χ4n) is 1.19. The lowest BCUT2D eigenvalue weighted by Crippen LogP contribution is -2.31. The van der Waals surface area contributed by atoms with E-state index in [9.17, 15) is 17.2 Å². The smallest absolute Gasteiger partial charge is 0.252 e. The third-order valence-electron chi connectivity index (χ3n) is 2.06. The Balaban J connectivity index is 3.17. The summed E-state index contributed by atoms with van der Waals surface area (Å²) < 4.78 is 49.3. The van der Waals surface area contributed by atoms with Crippen molar-refractivity contribution in [3.8, 4) is 0 Å². The number of hydrogen-bond donors (Lipinski definition) is 1. The van der Waals surface area contributed by atoms with Gasteiger partial charge in [-0.05, 0) is 18.2 Å². The van der Waals surface area contributed by atoms with Crippen molar-refractivity contribution < 1.29 is 17.2 Å². The van der Waals surface area contributed by atoms with Gasteiger partial charge in [0.2, 0.25) is 10.0 Å². The molecule has 0 aromatic heterocycles. The van der Waals surface area contributed by atoms with Crippen LogP contribution in [-0.4, -0.2) is 32.7 Å². The van der Waals surface area contributed by atoms with Crippen molar-refractivity contribution in [2.75, 3.05) is 19.3 Å². The van der Waals surface area contributed by atoms with Gasteiger partial charge in [-0.25, -0.2) is 17.2 Å². The average Bonchev–Trinajstić information content (AvgIpc) is 2.20. The molecule has 17 heavy (non-hydrogen) atoms. The highest BCUT2D eigenvalue weighted by Gasteiger charge is 2.25. The van der Waals surface area contributed by atoms with E-state index in [4.69, 9.17) is 5.73 Å². The Kier molecular flexibility index (Phi) is 4.45. The highest BCUT2D eigenvalue weighted by Crippen LogP contribution is 2.25. The summed E-state index contributed by atoms with van der Waals surface area (Å²) >= 11 is 3.10. The zero-order chi connectivity index (χ0) is 13.2. The molecule has 0 radical (unpaired) electrons. The Morgan fingerprint density at radius 3 is 2.59 bits per heavy atom. The highest BCUT2D eigenvalue weighted by atomic mass is 79.9. The first-order valence-corrected chi connectivity index (χ1v) is 6.78. The van der Waals surface area contributed by atoms with Crippen LogP contribution in [0.25, 0.3) is 0 Å². The number of hydrogen-bond acceptors (Lipinski definition) is 3. The van der Waals surface area contributed by atoms with E-state index < -0.39 is 23.0 Å². The Bertz CT molecular complexity index is 508. The first-order valence-electron chi connectivity index (χ1n) is 4.54. The van der Waals surface area contributed by atoms with Crippen LogP contribution < -0.4 is 5.73 Å². The van der Waals surface area contributed by atoms with Crippen LogP contribution in [0.2, 0.25) is 0 Å². The van der Waals surface area contributed by atoms with Gasteiger partial charge in [-0.3, -0.25) is 0 Å². The van der Waals surface area contributed by atoms with E-state index in [0.29, 0.717) is 8.78 Å². The van der Waals surface area contributed by atoms with Gasteiger partial charge in [0.15, 0.2) is 0 Å². The molecule has 96 valence electrons. The van der Waals surface area contributed by atoms with E-state index >= 15 is 0 Å². The first-order chi connectivity index (χ1) is 7.75. The van der Waals surface area contributed by atoms with E-state index in [1.165, 1.54) is 12.1 Å². The van der Waals surface area contributed by atoms with Crippen molar-refractivity contribution in [2.24, 2.45) is 0 Å². The molecule has 1 rings (SSSR count). The van der Waals surface area contributed by atoms with Gasteiger partial charge in [0.05, 0.1) is 12.2 Å². The number of alkyl halides is 2. The number of nitrogens with zero attached hydrogens (tertiary/aromatic N) is 1. The molecule has 0 saturated carbocycles. The van der Waals surface area contributed by atoms with Crippen molar-refractivity contribution in [3.05, 3.63) is 22.7 Å². The Morgan fingerprint density at radius 2 is 2.06 bits per heavy atom. The van der Waals surface area contributed by atoms with Crippen molar-refractivity contribution in [3.63, 3.8) is 0 Å². The SMILES string of the molecule is CN(CC(F)F)S(=O)(=O)c1cc(Br)ccc1N. The molecule has 0 aliphatic rings. The molecule has 0 spiro atoms. The van der Waals surface area contributed by atoms with E-state index in [1.54, 1.807) is 6.07 Å². The average molecular weight is 329 g/mol. The summed E-state index contributed by atoms with van der Waals surface area (Å²) in [6.45, 7) is -0.867. The summed E-state index contributed by atoms with van der Waals surface area (Å²) in [6, 6.07) is 4.25. The summed E-state index contributed by atoms with van der Waals surface area (Å²) in [4.78, 5) is -0.185. The Labute approximate surface area is 107 Å². The van der Waals surface area contributed by atoms with Gasteiger partial charge in [-0.2, -0.15) is 4.31 Å². The van der Waals surface area contributed by atoms with Crippen LogP contribution in [0.4, 0.5) is 14.5 Å². The summed E-state index contributed by atoms with van der Waals surface area (Å²) in [6.07, 6.45) is -2.73. The lowest BCUT2D eigenvalue weighted by Gasteiger charge is -2.17. The fourth-order valence-corrected chi connectivity index (χ4v) is 2.99. The van der Waals surface area contributed by atoms with Crippen LogP contribution in [0.15, 0.2) is 27.6 Å². The molecule has 0 heterocycles. The van der Waals surface area contributed by atoms with Gasteiger partial charge in [0, 0.05) is 11.5 Å². The summed E-state index contributed by atoms with van der Waals surface area (Å²) in [7, 11) is -2.90. The van der Waals surface area contributed by atoms with Crippen molar-refractivity contribution in [2.45, 2.75) is 11.3 Å². The molecule has 4 nitrogen and oxygen atoms in total. The number of anilines is 1. The van der Waals surface area contributed by atoms with E-state index in [-0.39, 0.29) is 10.6 Å². The van der Waals surface area contributed by atoms with Gasteiger partial charge in [-0.1, -0.05) is 15.9 Å². The van der Waals surface area contributed by atoms with Crippen LogP contribution in [-0.2, 0) is 10.0 Å². The molecule has 0 saturated heterocycles. The van der Waals surface area contributed by atoms with E-state index in [1.807, 2.05) is 0 Å². The number of rotatable bonds is 4. The largest absolute Gasteiger partial charge is 0.398 e. The molecule has 0 unspecified atom stereocenters. The zero-order valence-electron chi connectivity index (χ0n) is 8.90. The van der Waals surface area contributed by atoms with Crippen molar-refractivity contribution >= 4 is 31.6 Å². The molecule has 0 aliphatic heterocycles. The number of nitrogen functional groups attached to an aromatic ring is 1. The summed E-state index contributed by atoms with van der Waals surface area (Å²) in [5.74, 6) is 0. The third kappa shape index (κ3) is 3.36. The monoisotopic (exact) mass is 328 g/mol. The van der Waals surface area contributed by atoms with E-state index in [2.05, 4.69) is 15.9 Å². The maximum Gasteiger partial charge on any atom is 0.252 e. The quantitative estimate of drug-likeness (QED) is 0.859. The lowest BCUT2D eigenvalue weighted by molar-refractivity contribution is 0.126. The molecule has 2 N–H and O–H groups in total. The van der Waals surface area contributed by atoms with Gasteiger partial charge < -0.3 is 5.73 Å². The zero-order valence-corrected chi connectivity index (χ0v) is 11.3. The number of nitrogens with two attached hydrogens (primary N) is 1. The van der Waals surface area contributed by atoms with Crippen LogP contribution >= 0.6 is 15.9 Å². The van der Waals surface area contributed by atoms with Crippen LogP contribution in [0.5, 0.6) is 0 Å². The minimum absolute atomic E-state index is 0.0225. The van der Waals surface area contributed by atoms with Gasteiger partial charge in [-0.15, -0.1) is 0 Å². The maximum atomic E-state index is 12.2. The minimum atomic E-state index is -3.99. The summed E-state index contributed by atoms with van der Waals surface area (Å²) in [5, 5.41) is 0. The molecule has 0 atom stereocenters. The minimum Gasteiger partial charge on any atom is -0.398 e. The van der Waals surface area contributed by atoms with Gasteiger partial charge >= 0.3 is 0 Å². The molecule has 0 amide bonds. The second-order valence-corrected chi connectivity index (χ2v) is 6.29. The van der Waals surface area contributed by atoms with E-state index in [0.717, 1.165) is 7.05 Å². The summed E-state index contributed by atoms with van der Waals surface area (Å²) in [5.41, 5.74) is 5.55. The first kappa shape index (κ1) is 14.3. The molecular formula is C9H11BrF2N2O2S. The topological polar surface area (TPSA) is 63.4 Å². The fraction of sp³-hybridized carbons (Fsp3) is 0.333. The number of sulfonamides is 1. The third-order valence-corrected chi connectivity index (χ3v) is 4.43. The standard InChI is InChI=1S/C9H11BrF2N2O2S/c1-14(5-9(11)12)17(15,16)8-4-6(10)2-3-7(8)13/h2-4,9H,5,13H2,1H3. The second kappa shape index (κ2) is 5.28. The molecule has 8 heteroatoms. The van der Waals surface area contributed by atoms with Crippen LogP contribution in [0, 0.1) is 0 Å². The molecule has 0 bridgehead atoms. The van der Waals surface area contributed by atoms with Gasteiger partial charge in [0.1, 0.15) is 4.90 Å². The highest BCUT2D eigenvalue weighted by molar-refractivity contribution is 9.10. The molecular weight excluding hydrogens is 318 g/mol. The van der Waals surface area contributed by atoms with Crippen LogP contribution in [0.3, 0.4) is 0 Å². The molecule has 0 fully saturated rings. The van der Waals surface area contributed by atoms with Crippen molar-refractivity contribution in [1.29, 1.82) is 0 Å². The predicted octanol–water partition coefficient (Wildman–Crippen LogP) is 1.92. The lowest BCUT2D eigenvalue weighted by atomic mass is 10.3. The van der Waals surface area contributed by atoms with Gasteiger partial charge in [0.25, 0.3) is 6.43 Å². The Morgan fingerprint density at radius 1 is 1.47 bits per heavy atom. The molecule has 0 aliphatic carbocycles. The number of halogens is 3. The second-order valence-electron chi connectivity index (χ2n) is 3.36. The number of benzene rings is 1. The van der Waals surface area contributed by atoms with Crippen LogP contribution in [0.1, 0.15) is 0 Å². The maximum absolute atomic E-state index is 12.2. The predicted molar refractivity (Wildman–Crippen MR) is 64.4 cm³/mol. The molecule has 1 aromatic carbocycles. The van der Waals surface area contributed by atoms with Crippen molar-refractivity contribution in [1.82, 2.24) is 4.31 Å².